The smallest absolute Gasteiger partial charge is 0.337 e. The number of furan rings is 1. The molecule has 1 heterocycles. The van der Waals surface area contributed by atoms with Crippen LogP contribution in [0.1, 0.15) is 28.6 Å². The van der Waals surface area contributed by atoms with Gasteiger partial charge in [-0.1, -0.05) is 29.8 Å². The summed E-state index contributed by atoms with van der Waals surface area (Å²) in [5.41, 5.74) is 3.70. The highest BCUT2D eigenvalue weighted by Crippen LogP contribution is 2.26. The molecule has 10 heteroatoms. The molecule has 34 heavy (non-hydrogen) atoms. The van der Waals surface area contributed by atoms with Crippen LogP contribution in [0, 0.1) is 6.92 Å². The SMILES string of the molecule is Cc1ccccc1OCC(=O)N[C@H](C)C(=O)N/N=C\c1ccc(-c2ccc(Cl)c(C(=O)O)c2)o1. The summed E-state index contributed by atoms with van der Waals surface area (Å²) in [6.45, 7) is 3.16. The predicted molar refractivity (Wildman–Crippen MR) is 126 cm³/mol. The Balaban J connectivity index is 1.50. The Kier molecular flexibility index (Phi) is 8.05. The van der Waals surface area contributed by atoms with E-state index in [1.165, 1.54) is 25.3 Å². The van der Waals surface area contributed by atoms with E-state index in [-0.39, 0.29) is 17.2 Å². The van der Waals surface area contributed by atoms with Gasteiger partial charge in [-0.3, -0.25) is 9.59 Å². The Morgan fingerprint density at radius 3 is 2.68 bits per heavy atom. The average molecular weight is 484 g/mol. The van der Waals surface area contributed by atoms with E-state index >= 15 is 0 Å². The summed E-state index contributed by atoms with van der Waals surface area (Å²) < 4.78 is 11.1. The number of halogens is 1. The molecule has 3 N–H and O–H groups in total. The van der Waals surface area contributed by atoms with Crippen LogP contribution in [0.3, 0.4) is 0 Å². The summed E-state index contributed by atoms with van der Waals surface area (Å²) in [4.78, 5) is 35.5. The lowest BCUT2D eigenvalue weighted by molar-refractivity contribution is -0.129. The monoisotopic (exact) mass is 483 g/mol. The topological polar surface area (TPSA) is 130 Å². The molecule has 176 valence electrons. The van der Waals surface area contributed by atoms with Gasteiger partial charge in [0.1, 0.15) is 23.3 Å². The maximum absolute atomic E-state index is 12.2. The molecule has 0 aliphatic carbocycles. The van der Waals surface area contributed by atoms with Crippen LogP contribution in [0.4, 0.5) is 0 Å². The lowest BCUT2D eigenvalue weighted by Gasteiger charge is -2.13. The van der Waals surface area contributed by atoms with Crippen molar-refractivity contribution in [1.82, 2.24) is 10.7 Å². The summed E-state index contributed by atoms with van der Waals surface area (Å²) in [5, 5.41) is 15.7. The minimum Gasteiger partial charge on any atom is -0.484 e. The van der Waals surface area contributed by atoms with Crippen LogP contribution < -0.4 is 15.5 Å². The van der Waals surface area contributed by atoms with Gasteiger partial charge in [0, 0.05) is 5.56 Å². The summed E-state index contributed by atoms with van der Waals surface area (Å²) in [7, 11) is 0. The van der Waals surface area contributed by atoms with Crippen LogP contribution in [0.2, 0.25) is 5.02 Å². The molecule has 0 radical (unpaired) electrons. The molecule has 3 aromatic rings. The molecule has 9 nitrogen and oxygen atoms in total. The number of nitrogens with zero attached hydrogens (tertiary/aromatic N) is 1. The molecule has 1 atom stereocenters. The third-order valence-corrected chi connectivity index (χ3v) is 5.03. The van der Waals surface area contributed by atoms with E-state index in [2.05, 4.69) is 15.8 Å². The number of benzene rings is 2. The van der Waals surface area contributed by atoms with Gasteiger partial charge in [0.05, 0.1) is 16.8 Å². The molecular weight excluding hydrogens is 462 g/mol. The van der Waals surface area contributed by atoms with Crippen molar-refractivity contribution in [3.63, 3.8) is 0 Å². The molecule has 0 saturated carbocycles. The highest BCUT2D eigenvalue weighted by molar-refractivity contribution is 6.33. The van der Waals surface area contributed by atoms with E-state index in [1.807, 2.05) is 19.1 Å². The van der Waals surface area contributed by atoms with Crippen LogP contribution in [0.15, 0.2) is 64.1 Å². The highest BCUT2D eigenvalue weighted by atomic mass is 35.5. The Labute approximate surface area is 200 Å². The van der Waals surface area contributed by atoms with E-state index in [1.54, 1.807) is 30.3 Å². The third kappa shape index (κ3) is 6.46. The first kappa shape index (κ1) is 24.5. The minimum atomic E-state index is -1.15. The number of aromatic carboxylic acids is 1. The zero-order valence-electron chi connectivity index (χ0n) is 18.4. The van der Waals surface area contributed by atoms with Crippen molar-refractivity contribution in [2.45, 2.75) is 19.9 Å². The standard InChI is InChI=1S/C24H22ClN3O6/c1-14-5-3-4-6-20(14)33-13-22(29)27-15(2)23(30)28-26-12-17-8-10-21(34-17)16-7-9-19(25)18(11-16)24(31)32/h3-12,15H,13H2,1-2H3,(H,27,29)(H,28,30)(H,31,32)/b26-12-/t15-/m1/s1. The van der Waals surface area contributed by atoms with Gasteiger partial charge in [0.25, 0.3) is 11.8 Å². The second kappa shape index (κ2) is 11.2. The lowest BCUT2D eigenvalue weighted by atomic mass is 10.1. The summed E-state index contributed by atoms with van der Waals surface area (Å²) in [6, 6.07) is 14.2. The molecule has 2 aromatic carbocycles. The number of carboxylic acid groups (broad SMARTS) is 1. The van der Waals surface area contributed by atoms with Crippen molar-refractivity contribution >= 4 is 35.6 Å². The number of hydrazone groups is 1. The lowest BCUT2D eigenvalue weighted by Crippen LogP contribution is -2.45. The predicted octanol–water partition coefficient (Wildman–Crippen LogP) is 3.64. The molecule has 0 aliphatic rings. The van der Waals surface area contributed by atoms with Gasteiger partial charge in [0.2, 0.25) is 0 Å². The molecule has 2 amide bonds. The van der Waals surface area contributed by atoms with Gasteiger partial charge >= 0.3 is 5.97 Å². The quantitative estimate of drug-likeness (QED) is 0.314. The van der Waals surface area contributed by atoms with E-state index in [4.69, 9.17) is 20.8 Å². The zero-order chi connectivity index (χ0) is 24.7. The molecule has 1 aromatic heterocycles. The molecule has 3 rings (SSSR count). The number of carbonyl (C=O) groups is 3. The van der Waals surface area contributed by atoms with Gasteiger partial charge in [-0.05, 0) is 55.8 Å². The minimum absolute atomic E-state index is 0.0432. The molecule has 0 unspecified atom stereocenters. The Hall–Kier alpha value is -4.11. The van der Waals surface area contributed by atoms with Crippen molar-refractivity contribution in [3.05, 3.63) is 76.5 Å². The van der Waals surface area contributed by atoms with Crippen LogP contribution in [0.25, 0.3) is 11.3 Å². The van der Waals surface area contributed by atoms with Crippen molar-refractivity contribution in [2.75, 3.05) is 6.61 Å². The third-order valence-electron chi connectivity index (χ3n) is 4.70. The van der Waals surface area contributed by atoms with Crippen LogP contribution in [-0.4, -0.2) is 41.8 Å². The maximum atomic E-state index is 12.2. The number of rotatable bonds is 9. The Morgan fingerprint density at radius 2 is 1.94 bits per heavy atom. The summed E-state index contributed by atoms with van der Waals surface area (Å²) in [6.07, 6.45) is 1.28. The Bertz CT molecular complexity index is 1240. The number of carbonyl (C=O) groups excluding carboxylic acids is 2. The fourth-order valence-electron chi connectivity index (χ4n) is 2.89. The Morgan fingerprint density at radius 1 is 1.18 bits per heavy atom. The van der Waals surface area contributed by atoms with Gasteiger partial charge in [-0.2, -0.15) is 5.10 Å². The first-order valence-electron chi connectivity index (χ1n) is 10.2. The first-order valence-corrected chi connectivity index (χ1v) is 10.6. The van der Waals surface area contributed by atoms with Crippen LogP contribution in [0.5, 0.6) is 5.75 Å². The zero-order valence-corrected chi connectivity index (χ0v) is 19.1. The van der Waals surface area contributed by atoms with Crippen molar-refractivity contribution in [3.8, 4) is 17.1 Å². The van der Waals surface area contributed by atoms with Gasteiger partial charge < -0.3 is 19.6 Å². The van der Waals surface area contributed by atoms with Crippen LogP contribution >= 0.6 is 11.6 Å². The highest BCUT2D eigenvalue weighted by Gasteiger charge is 2.16. The van der Waals surface area contributed by atoms with Gasteiger partial charge in [-0.25, -0.2) is 10.2 Å². The number of amides is 2. The fraction of sp³-hybridized carbons (Fsp3) is 0.167. The second-order valence-corrected chi connectivity index (χ2v) is 7.69. The number of ether oxygens (including phenoxy) is 1. The second-order valence-electron chi connectivity index (χ2n) is 7.28. The number of para-hydroxylation sites is 1. The van der Waals surface area contributed by atoms with Gasteiger partial charge in [0.15, 0.2) is 6.61 Å². The van der Waals surface area contributed by atoms with E-state index in [0.717, 1.165) is 5.56 Å². The molecular formula is C24H22ClN3O6. The number of hydrogen-bond acceptors (Lipinski definition) is 6. The average Bonchev–Trinajstić information content (AvgIpc) is 3.27. The van der Waals surface area contributed by atoms with Crippen molar-refractivity contribution in [2.24, 2.45) is 5.10 Å². The number of hydrogen-bond donors (Lipinski definition) is 3. The normalized spacial score (nSPS) is 11.7. The summed E-state index contributed by atoms with van der Waals surface area (Å²) in [5.74, 6) is -0.808. The van der Waals surface area contributed by atoms with Crippen LogP contribution in [-0.2, 0) is 9.59 Å². The van der Waals surface area contributed by atoms with Crippen molar-refractivity contribution in [1.29, 1.82) is 0 Å². The van der Waals surface area contributed by atoms with Gasteiger partial charge in [-0.15, -0.1) is 0 Å². The summed E-state index contributed by atoms with van der Waals surface area (Å²) >= 11 is 5.88. The molecule has 0 fully saturated rings. The molecule has 0 aliphatic heterocycles. The van der Waals surface area contributed by atoms with E-state index < -0.39 is 23.8 Å². The number of carboxylic acids is 1. The number of aryl methyl sites for hydroxylation is 1. The molecule has 0 bridgehead atoms. The largest absolute Gasteiger partial charge is 0.484 e. The maximum Gasteiger partial charge on any atom is 0.337 e. The molecule has 0 spiro atoms. The number of nitrogens with one attached hydrogen (secondary N) is 2. The van der Waals surface area contributed by atoms with E-state index in [0.29, 0.717) is 22.8 Å². The fourth-order valence-corrected chi connectivity index (χ4v) is 3.08. The first-order chi connectivity index (χ1) is 16.2. The molecule has 0 saturated heterocycles. The van der Waals surface area contributed by atoms with E-state index in [9.17, 15) is 19.5 Å². The van der Waals surface area contributed by atoms with Crippen molar-refractivity contribution < 1.29 is 28.6 Å².